The maximum absolute atomic E-state index is 10.5. The Bertz CT molecular complexity index is 448. The van der Waals surface area contributed by atoms with E-state index in [9.17, 15) is 20.1 Å². The van der Waals surface area contributed by atoms with Crippen LogP contribution in [0.3, 0.4) is 0 Å². The molecule has 26 heavy (non-hydrogen) atoms. The summed E-state index contributed by atoms with van der Waals surface area (Å²) in [7, 11) is 0. The first-order chi connectivity index (χ1) is 12.5. The van der Waals surface area contributed by atoms with Crippen molar-refractivity contribution < 1.29 is 30.3 Å². The normalized spacial score (nSPS) is 27.5. The zero-order valence-electron chi connectivity index (χ0n) is 15.4. The second-order valence-electron chi connectivity index (χ2n) is 7.13. The van der Waals surface area contributed by atoms with Crippen LogP contribution in [0.2, 0.25) is 0 Å². The van der Waals surface area contributed by atoms with Gasteiger partial charge in [0.2, 0.25) is 0 Å². The Labute approximate surface area is 155 Å². The van der Waals surface area contributed by atoms with Gasteiger partial charge in [-0.05, 0) is 38.0 Å². The largest absolute Gasteiger partial charge is 0.481 e. The molecular formula is C20H34O6. The Balaban J connectivity index is 2.44. The van der Waals surface area contributed by atoms with Crippen LogP contribution in [-0.4, -0.2) is 56.4 Å². The Morgan fingerprint density at radius 3 is 2.54 bits per heavy atom. The molecular weight excluding hydrogens is 336 g/mol. The van der Waals surface area contributed by atoms with Crippen molar-refractivity contribution in [2.45, 2.75) is 76.1 Å². The summed E-state index contributed by atoms with van der Waals surface area (Å²) in [4.78, 5) is 10.5. The molecule has 2 unspecified atom stereocenters. The summed E-state index contributed by atoms with van der Waals surface area (Å²) in [5, 5.41) is 47.7. The van der Waals surface area contributed by atoms with E-state index in [1.807, 2.05) is 18.2 Å². The molecule has 0 saturated heterocycles. The van der Waals surface area contributed by atoms with Crippen molar-refractivity contribution in [1.82, 2.24) is 0 Å². The Morgan fingerprint density at radius 1 is 1.08 bits per heavy atom. The van der Waals surface area contributed by atoms with Gasteiger partial charge in [0.15, 0.2) is 0 Å². The van der Waals surface area contributed by atoms with Crippen LogP contribution in [0, 0.1) is 11.8 Å². The van der Waals surface area contributed by atoms with Crippen molar-refractivity contribution >= 4 is 5.97 Å². The van der Waals surface area contributed by atoms with Crippen LogP contribution in [0.4, 0.5) is 0 Å². The highest BCUT2D eigenvalue weighted by atomic mass is 16.4. The molecule has 0 aliphatic heterocycles. The summed E-state index contributed by atoms with van der Waals surface area (Å²) in [6.07, 6.45) is 11.1. The van der Waals surface area contributed by atoms with Crippen molar-refractivity contribution in [2.24, 2.45) is 11.8 Å². The number of hydrogen-bond acceptors (Lipinski definition) is 5. The lowest BCUT2D eigenvalue weighted by atomic mass is 9.89. The smallest absolute Gasteiger partial charge is 0.303 e. The molecule has 6 nitrogen and oxygen atoms in total. The molecule has 1 saturated carbocycles. The summed E-state index contributed by atoms with van der Waals surface area (Å²) in [6.45, 7) is 0.170. The van der Waals surface area contributed by atoms with Crippen LogP contribution in [0.25, 0.3) is 0 Å². The Kier molecular flexibility index (Phi) is 11.4. The number of carboxylic acid groups (broad SMARTS) is 1. The van der Waals surface area contributed by atoms with Gasteiger partial charge in [0.25, 0.3) is 0 Å². The number of aliphatic hydroxyl groups excluding tert-OH is 4. The van der Waals surface area contributed by atoms with Gasteiger partial charge in [-0.3, -0.25) is 4.79 Å². The van der Waals surface area contributed by atoms with Gasteiger partial charge in [-0.25, -0.2) is 0 Å². The maximum Gasteiger partial charge on any atom is 0.303 e. The topological polar surface area (TPSA) is 118 Å². The minimum Gasteiger partial charge on any atom is -0.481 e. The number of unbranched alkanes of at least 4 members (excludes halogenated alkanes) is 3. The van der Waals surface area contributed by atoms with E-state index >= 15 is 0 Å². The average Bonchev–Trinajstić information content (AvgIpc) is 2.85. The fraction of sp³-hybridized carbons (Fsp3) is 0.750. The predicted molar refractivity (Wildman–Crippen MR) is 99.6 cm³/mol. The van der Waals surface area contributed by atoms with Gasteiger partial charge in [-0.2, -0.15) is 0 Å². The van der Waals surface area contributed by atoms with Gasteiger partial charge in [0.1, 0.15) is 0 Å². The van der Waals surface area contributed by atoms with E-state index in [1.54, 1.807) is 6.08 Å². The monoisotopic (exact) mass is 370 g/mol. The van der Waals surface area contributed by atoms with Crippen molar-refractivity contribution in [3.05, 3.63) is 24.3 Å². The van der Waals surface area contributed by atoms with E-state index < -0.39 is 24.3 Å². The molecule has 6 heteroatoms. The van der Waals surface area contributed by atoms with Gasteiger partial charge >= 0.3 is 5.97 Å². The third kappa shape index (κ3) is 8.94. The van der Waals surface area contributed by atoms with Crippen molar-refractivity contribution in [3.8, 4) is 0 Å². The summed E-state index contributed by atoms with van der Waals surface area (Å²) in [6, 6.07) is 0. The molecule has 150 valence electrons. The van der Waals surface area contributed by atoms with Crippen LogP contribution in [-0.2, 0) is 4.79 Å². The molecule has 0 bridgehead atoms. The second kappa shape index (κ2) is 13.0. The van der Waals surface area contributed by atoms with Crippen molar-refractivity contribution in [2.75, 3.05) is 6.61 Å². The number of carbonyl (C=O) groups is 1. The highest BCUT2D eigenvalue weighted by molar-refractivity contribution is 5.66. The lowest BCUT2D eigenvalue weighted by Crippen LogP contribution is -2.20. The molecule has 0 amide bonds. The molecule has 1 fully saturated rings. The SMILES string of the molecule is O=C(O)CCC/C=C\CC1C(/C=C/[C@@H](O)CCCCCO)[C@H](O)C[C@@H]1O. The van der Waals surface area contributed by atoms with Gasteiger partial charge in [-0.1, -0.05) is 37.1 Å². The minimum absolute atomic E-state index is 0.0986. The van der Waals surface area contributed by atoms with Crippen LogP contribution in [0.1, 0.15) is 57.8 Å². The second-order valence-corrected chi connectivity index (χ2v) is 7.13. The third-order valence-corrected chi connectivity index (χ3v) is 4.97. The molecule has 5 atom stereocenters. The number of rotatable bonds is 13. The molecule has 1 rings (SSSR count). The number of carboxylic acids is 1. The zero-order valence-corrected chi connectivity index (χ0v) is 15.4. The lowest BCUT2D eigenvalue weighted by Gasteiger charge is -2.19. The van der Waals surface area contributed by atoms with Crippen LogP contribution in [0.5, 0.6) is 0 Å². The highest BCUT2D eigenvalue weighted by Crippen LogP contribution is 2.36. The quantitative estimate of drug-likeness (QED) is 0.250. The minimum atomic E-state index is -0.798. The zero-order chi connectivity index (χ0) is 19.4. The molecule has 0 radical (unpaired) electrons. The van der Waals surface area contributed by atoms with E-state index in [1.165, 1.54) is 0 Å². The molecule has 0 spiro atoms. The Hall–Kier alpha value is -1.21. The first-order valence-electron chi connectivity index (χ1n) is 9.65. The van der Waals surface area contributed by atoms with Gasteiger partial charge < -0.3 is 25.5 Å². The summed E-state index contributed by atoms with van der Waals surface area (Å²) >= 11 is 0. The van der Waals surface area contributed by atoms with Crippen LogP contribution in [0.15, 0.2) is 24.3 Å². The molecule has 1 aliphatic rings. The number of allylic oxidation sites excluding steroid dienone is 2. The van der Waals surface area contributed by atoms with E-state index in [0.717, 1.165) is 19.3 Å². The van der Waals surface area contributed by atoms with Crippen molar-refractivity contribution in [3.63, 3.8) is 0 Å². The summed E-state index contributed by atoms with van der Waals surface area (Å²) in [5.41, 5.74) is 0. The van der Waals surface area contributed by atoms with E-state index in [2.05, 4.69) is 0 Å². The van der Waals surface area contributed by atoms with E-state index in [0.29, 0.717) is 32.1 Å². The molecule has 0 heterocycles. The lowest BCUT2D eigenvalue weighted by molar-refractivity contribution is -0.137. The van der Waals surface area contributed by atoms with Gasteiger partial charge in [0.05, 0.1) is 18.3 Å². The maximum atomic E-state index is 10.5. The molecule has 1 aliphatic carbocycles. The van der Waals surface area contributed by atoms with Crippen molar-refractivity contribution in [1.29, 1.82) is 0 Å². The summed E-state index contributed by atoms with van der Waals surface area (Å²) < 4.78 is 0. The molecule has 0 aromatic rings. The molecule has 0 aromatic carbocycles. The fourth-order valence-corrected chi connectivity index (χ4v) is 3.44. The number of hydrogen-bond donors (Lipinski definition) is 5. The fourth-order valence-electron chi connectivity index (χ4n) is 3.44. The molecule has 5 N–H and O–H groups in total. The predicted octanol–water partition coefficient (Wildman–Crippen LogP) is 2.02. The standard InChI is InChI=1S/C20H34O6/c21-13-7-3-4-8-15(22)11-12-17-16(18(23)14-19(17)24)9-5-1-2-6-10-20(25)26/h1,5,11-12,15-19,21-24H,2-4,6-10,13-14H2,(H,25,26)/b5-1-,12-11+/t15-,16?,17?,18-,19+/m0/s1. The highest BCUT2D eigenvalue weighted by Gasteiger charge is 2.39. The third-order valence-electron chi connectivity index (χ3n) is 4.97. The van der Waals surface area contributed by atoms with Crippen LogP contribution < -0.4 is 0 Å². The molecule has 0 aromatic heterocycles. The number of aliphatic hydroxyl groups is 4. The number of aliphatic carboxylic acids is 1. The summed E-state index contributed by atoms with van der Waals surface area (Å²) in [5.74, 6) is -1.09. The van der Waals surface area contributed by atoms with Gasteiger partial charge in [0, 0.05) is 25.4 Å². The Morgan fingerprint density at radius 2 is 1.85 bits per heavy atom. The van der Waals surface area contributed by atoms with Gasteiger partial charge in [-0.15, -0.1) is 0 Å². The first kappa shape index (κ1) is 22.8. The van der Waals surface area contributed by atoms with E-state index in [4.69, 9.17) is 10.2 Å². The first-order valence-corrected chi connectivity index (χ1v) is 9.65. The van der Waals surface area contributed by atoms with E-state index in [-0.39, 0.29) is 24.9 Å². The van der Waals surface area contributed by atoms with Crippen LogP contribution >= 0.6 is 0 Å². The average molecular weight is 370 g/mol.